The Hall–Kier alpha value is -2.22. The van der Waals surface area contributed by atoms with Gasteiger partial charge in [-0.25, -0.2) is 9.59 Å². The van der Waals surface area contributed by atoms with Crippen LogP contribution in [0.1, 0.15) is 46.3 Å². The average molecular weight is 429 g/mol. The molecule has 30 heavy (non-hydrogen) atoms. The van der Waals surface area contributed by atoms with Gasteiger partial charge in [0.1, 0.15) is 16.5 Å². The van der Waals surface area contributed by atoms with E-state index in [1.165, 1.54) is 11.3 Å². The number of carboxylic acids is 1. The Morgan fingerprint density at radius 1 is 1.20 bits per heavy atom. The fourth-order valence-electron chi connectivity index (χ4n) is 4.60. The van der Waals surface area contributed by atoms with E-state index >= 15 is 0 Å². The number of nitrogens with zero attached hydrogens (tertiary/aromatic N) is 1. The van der Waals surface area contributed by atoms with Gasteiger partial charge in [0.15, 0.2) is 0 Å². The van der Waals surface area contributed by atoms with E-state index in [9.17, 15) is 14.7 Å². The highest BCUT2D eigenvalue weighted by atomic mass is 32.1. The number of esters is 1. The summed E-state index contributed by atoms with van der Waals surface area (Å²) in [5.41, 5.74) is -0.102. The van der Waals surface area contributed by atoms with Crippen molar-refractivity contribution in [2.24, 2.45) is 5.92 Å². The van der Waals surface area contributed by atoms with E-state index in [-0.39, 0.29) is 12.1 Å². The zero-order valence-corrected chi connectivity index (χ0v) is 18.0. The first-order valence-corrected chi connectivity index (χ1v) is 11.4. The highest BCUT2D eigenvalue weighted by molar-refractivity contribution is 7.13. The van der Waals surface area contributed by atoms with Crippen LogP contribution in [0.3, 0.4) is 0 Å². The van der Waals surface area contributed by atoms with Crippen molar-refractivity contribution >= 4 is 23.3 Å². The van der Waals surface area contributed by atoms with Crippen molar-refractivity contribution in [1.82, 2.24) is 10.2 Å². The van der Waals surface area contributed by atoms with Crippen LogP contribution in [0.4, 0.5) is 0 Å². The van der Waals surface area contributed by atoms with Gasteiger partial charge >= 0.3 is 11.9 Å². The fourth-order valence-corrected chi connectivity index (χ4v) is 5.38. The maximum atomic E-state index is 13.6. The molecule has 0 saturated carbocycles. The summed E-state index contributed by atoms with van der Waals surface area (Å²) in [5.74, 6) is -0.734. The number of carboxylic acid groups (broad SMARTS) is 1. The molecule has 0 radical (unpaired) electrons. The van der Waals surface area contributed by atoms with Gasteiger partial charge < -0.3 is 9.84 Å². The molecular formula is C23H28N2O4S. The number of hydrogen-bond acceptors (Lipinski definition) is 6. The van der Waals surface area contributed by atoms with Gasteiger partial charge in [-0.2, -0.15) is 0 Å². The SMILES string of the molecule is CCC(NCc1ccc(C(=O)O)s1)(C(=O)O[C@H]1CN2CCC1CC2)c1ccccc1. The molecule has 2 aromatic rings. The molecule has 7 heteroatoms. The predicted octanol–water partition coefficient (Wildman–Crippen LogP) is 3.48. The summed E-state index contributed by atoms with van der Waals surface area (Å²) < 4.78 is 6.13. The Morgan fingerprint density at radius 3 is 2.50 bits per heavy atom. The zero-order valence-electron chi connectivity index (χ0n) is 17.2. The summed E-state index contributed by atoms with van der Waals surface area (Å²) in [6.45, 7) is 5.39. The molecule has 2 atom stereocenters. The van der Waals surface area contributed by atoms with Crippen molar-refractivity contribution in [2.45, 2.75) is 44.4 Å². The van der Waals surface area contributed by atoms with Gasteiger partial charge in [0.2, 0.25) is 0 Å². The third-order valence-corrected chi connectivity index (χ3v) is 7.51. The van der Waals surface area contributed by atoms with Gasteiger partial charge in [0.05, 0.1) is 0 Å². The molecule has 0 aliphatic carbocycles. The number of hydrogen-bond donors (Lipinski definition) is 2. The van der Waals surface area contributed by atoms with Crippen LogP contribution in [0.2, 0.25) is 0 Å². The molecule has 3 saturated heterocycles. The van der Waals surface area contributed by atoms with Gasteiger partial charge in [-0.05, 0) is 56.0 Å². The van der Waals surface area contributed by atoms with E-state index in [1.54, 1.807) is 12.1 Å². The van der Waals surface area contributed by atoms with Gasteiger partial charge in [0, 0.05) is 18.0 Å². The molecule has 3 aliphatic rings. The highest BCUT2D eigenvalue weighted by Gasteiger charge is 2.44. The zero-order chi connectivity index (χ0) is 21.1. The van der Waals surface area contributed by atoms with Crippen molar-refractivity contribution < 1.29 is 19.4 Å². The van der Waals surface area contributed by atoms with Crippen molar-refractivity contribution in [3.63, 3.8) is 0 Å². The van der Waals surface area contributed by atoms with Crippen LogP contribution in [0, 0.1) is 5.92 Å². The number of nitrogens with one attached hydrogen (secondary N) is 1. The van der Waals surface area contributed by atoms with Crippen LogP contribution < -0.4 is 5.32 Å². The molecule has 0 spiro atoms. The Kier molecular flexibility index (Phi) is 6.22. The Morgan fingerprint density at radius 2 is 1.93 bits per heavy atom. The van der Waals surface area contributed by atoms with Crippen LogP contribution in [-0.2, 0) is 21.6 Å². The maximum Gasteiger partial charge on any atom is 0.345 e. The number of rotatable bonds is 8. The second-order valence-corrected chi connectivity index (χ2v) is 9.30. The molecule has 1 unspecified atom stereocenters. The summed E-state index contributed by atoms with van der Waals surface area (Å²) in [4.78, 5) is 28.3. The molecule has 4 heterocycles. The van der Waals surface area contributed by atoms with Crippen molar-refractivity contribution in [3.8, 4) is 0 Å². The fraction of sp³-hybridized carbons (Fsp3) is 0.478. The van der Waals surface area contributed by atoms with Crippen molar-refractivity contribution in [2.75, 3.05) is 19.6 Å². The second-order valence-electron chi connectivity index (χ2n) is 8.13. The molecule has 0 amide bonds. The number of carbonyl (C=O) groups is 2. The van der Waals surface area contributed by atoms with Crippen LogP contribution in [-0.4, -0.2) is 47.7 Å². The van der Waals surface area contributed by atoms with E-state index in [2.05, 4.69) is 10.2 Å². The topological polar surface area (TPSA) is 78.9 Å². The maximum absolute atomic E-state index is 13.6. The first-order valence-electron chi connectivity index (χ1n) is 10.6. The van der Waals surface area contributed by atoms with Crippen LogP contribution in [0.25, 0.3) is 0 Å². The average Bonchev–Trinajstić information content (AvgIpc) is 3.26. The smallest absolute Gasteiger partial charge is 0.345 e. The Labute approximate surface area is 180 Å². The van der Waals surface area contributed by atoms with E-state index in [0.29, 0.717) is 23.8 Å². The standard InChI is InChI=1S/C23H28N2O4S/c1-2-23(17-6-4-3-5-7-17,24-14-18-8-9-20(30-18)21(26)27)22(28)29-19-15-25-12-10-16(19)11-13-25/h3-9,16,19,24H,2,10-15H2,1H3,(H,26,27)/t19-,23?/m0/s1. The first-order chi connectivity index (χ1) is 14.5. The minimum absolute atomic E-state index is 0.0585. The lowest BCUT2D eigenvalue weighted by Crippen LogP contribution is -2.56. The quantitative estimate of drug-likeness (QED) is 0.627. The van der Waals surface area contributed by atoms with Crippen LogP contribution in [0.15, 0.2) is 42.5 Å². The first kappa shape index (κ1) is 21.0. The molecule has 5 rings (SSSR count). The number of ether oxygens (including phenoxy) is 1. The summed E-state index contributed by atoms with van der Waals surface area (Å²) >= 11 is 1.22. The normalized spacial score (nSPS) is 24.9. The summed E-state index contributed by atoms with van der Waals surface area (Å²) in [7, 11) is 0. The van der Waals surface area contributed by atoms with Crippen molar-refractivity contribution in [3.05, 3.63) is 57.8 Å². The van der Waals surface area contributed by atoms with Gasteiger partial charge in [-0.15, -0.1) is 11.3 Å². The summed E-state index contributed by atoms with van der Waals surface area (Å²) in [5, 5.41) is 12.6. The van der Waals surface area contributed by atoms with E-state index in [0.717, 1.165) is 42.9 Å². The molecular weight excluding hydrogens is 400 g/mol. The third kappa shape index (κ3) is 4.15. The second kappa shape index (κ2) is 8.88. The lowest BCUT2D eigenvalue weighted by molar-refractivity contribution is -0.168. The summed E-state index contributed by atoms with van der Waals surface area (Å²) in [6, 6.07) is 13.1. The molecule has 3 fully saturated rings. The van der Waals surface area contributed by atoms with E-state index in [1.807, 2.05) is 37.3 Å². The Balaban J connectivity index is 1.56. The third-order valence-electron chi connectivity index (χ3n) is 6.44. The summed E-state index contributed by atoms with van der Waals surface area (Å²) in [6.07, 6.45) is 2.65. The number of benzene rings is 1. The van der Waals surface area contributed by atoms with Gasteiger partial charge in [0.25, 0.3) is 0 Å². The molecule has 1 aromatic carbocycles. The van der Waals surface area contributed by atoms with Gasteiger partial charge in [-0.3, -0.25) is 10.2 Å². The lowest BCUT2D eigenvalue weighted by Gasteiger charge is -2.45. The predicted molar refractivity (Wildman–Crippen MR) is 116 cm³/mol. The molecule has 160 valence electrons. The minimum atomic E-state index is -0.972. The van der Waals surface area contributed by atoms with Crippen LogP contribution in [0.5, 0.6) is 0 Å². The number of piperidine rings is 3. The van der Waals surface area contributed by atoms with Crippen molar-refractivity contribution in [1.29, 1.82) is 0 Å². The minimum Gasteiger partial charge on any atom is -0.477 e. The molecule has 6 nitrogen and oxygen atoms in total. The molecule has 2 bridgehead atoms. The number of aromatic carboxylic acids is 1. The molecule has 1 aromatic heterocycles. The molecule has 3 aliphatic heterocycles. The van der Waals surface area contributed by atoms with Gasteiger partial charge in [-0.1, -0.05) is 37.3 Å². The number of carbonyl (C=O) groups excluding carboxylic acids is 1. The van der Waals surface area contributed by atoms with E-state index in [4.69, 9.17) is 4.74 Å². The van der Waals surface area contributed by atoms with E-state index < -0.39 is 11.5 Å². The van der Waals surface area contributed by atoms with Crippen LogP contribution >= 0.6 is 11.3 Å². The highest BCUT2D eigenvalue weighted by Crippen LogP contribution is 2.34. The monoisotopic (exact) mass is 428 g/mol. The lowest BCUT2D eigenvalue weighted by atomic mass is 9.84. The number of thiophene rings is 1. The Bertz CT molecular complexity index is 892. The molecule has 2 N–H and O–H groups in total. The number of fused-ring (bicyclic) bond motifs is 3. The largest absolute Gasteiger partial charge is 0.477 e.